The first-order valence-electron chi connectivity index (χ1n) is 8.97. The number of unbranched alkanes of at least 4 members (excludes halogenated alkanes) is 1. The first-order valence-corrected chi connectivity index (χ1v) is 8.97. The Morgan fingerprint density at radius 1 is 1.25 bits per heavy atom. The molecular weight excluding hydrogens is 304 g/mol. The lowest BCUT2D eigenvalue weighted by atomic mass is 10.0. The highest BCUT2D eigenvalue weighted by atomic mass is 16.5. The number of hydrogen-bond acceptors (Lipinski definition) is 3. The molecule has 5 nitrogen and oxygen atoms in total. The van der Waals surface area contributed by atoms with Gasteiger partial charge in [-0.05, 0) is 49.9 Å². The van der Waals surface area contributed by atoms with Crippen LogP contribution >= 0.6 is 0 Å². The Balaban J connectivity index is 1.74. The molecule has 0 radical (unpaired) electrons. The predicted octanol–water partition coefficient (Wildman–Crippen LogP) is 3.38. The first-order chi connectivity index (χ1) is 11.6. The second kappa shape index (κ2) is 9.30. The molecule has 2 rings (SSSR count). The molecule has 0 saturated heterocycles. The molecule has 24 heavy (non-hydrogen) atoms. The summed E-state index contributed by atoms with van der Waals surface area (Å²) >= 11 is 0. The molecule has 0 unspecified atom stereocenters. The van der Waals surface area contributed by atoms with Crippen LogP contribution in [0.5, 0.6) is 5.75 Å². The van der Waals surface area contributed by atoms with Gasteiger partial charge in [-0.3, -0.25) is 9.59 Å². The summed E-state index contributed by atoms with van der Waals surface area (Å²) in [7, 11) is 0. The maximum absolute atomic E-state index is 12.1. The Kier molecular flexibility index (Phi) is 7.09. The lowest BCUT2D eigenvalue weighted by Gasteiger charge is -2.20. The number of carbonyl (C=O) groups is 2. The normalized spacial score (nSPS) is 13.2. The molecule has 1 heterocycles. The molecule has 0 fully saturated rings. The molecule has 132 valence electrons. The Labute approximate surface area is 144 Å². The molecule has 2 amide bonds. The minimum atomic E-state index is 0.0678. The Morgan fingerprint density at radius 2 is 2.08 bits per heavy atom. The maximum atomic E-state index is 12.1. The number of ether oxygens (including phenoxy) is 1. The lowest BCUT2D eigenvalue weighted by Crippen LogP contribution is -2.31. The van der Waals surface area contributed by atoms with Crippen molar-refractivity contribution in [2.24, 2.45) is 0 Å². The van der Waals surface area contributed by atoms with Crippen molar-refractivity contribution in [3.05, 3.63) is 23.8 Å². The van der Waals surface area contributed by atoms with Crippen LogP contribution in [0.4, 0.5) is 5.69 Å². The number of fused-ring (bicyclic) bond motifs is 1. The molecule has 0 spiro atoms. The van der Waals surface area contributed by atoms with E-state index in [1.54, 1.807) is 0 Å². The highest BCUT2D eigenvalue weighted by Crippen LogP contribution is 2.26. The fraction of sp³-hybridized carbons (Fsp3) is 0.579. The largest absolute Gasteiger partial charge is 0.494 e. The van der Waals surface area contributed by atoms with Gasteiger partial charge in [0, 0.05) is 31.6 Å². The number of nitrogens with zero attached hydrogens (tertiary/aromatic N) is 1. The summed E-state index contributed by atoms with van der Waals surface area (Å²) in [5, 5.41) is 2.86. The molecule has 0 atom stereocenters. The summed E-state index contributed by atoms with van der Waals surface area (Å²) in [6.45, 7) is 6.31. The fourth-order valence-corrected chi connectivity index (χ4v) is 2.83. The van der Waals surface area contributed by atoms with Crippen molar-refractivity contribution in [3.63, 3.8) is 0 Å². The molecule has 0 aromatic heterocycles. The average Bonchev–Trinajstić information content (AvgIpc) is 2.59. The Bertz CT molecular complexity index is 572. The van der Waals surface area contributed by atoms with E-state index in [1.807, 2.05) is 30.0 Å². The van der Waals surface area contributed by atoms with E-state index >= 15 is 0 Å². The van der Waals surface area contributed by atoms with E-state index in [-0.39, 0.29) is 11.8 Å². The van der Waals surface area contributed by atoms with Gasteiger partial charge in [0.15, 0.2) is 0 Å². The number of hydrogen-bond donors (Lipinski definition) is 1. The van der Waals surface area contributed by atoms with Crippen LogP contribution in [0.2, 0.25) is 0 Å². The number of rotatable bonds is 9. The quantitative estimate of drug-likeness (QED) is 0.705. The van der Waals surface area contributed by atoms with Gasteiger partial charge in [0.2, 0.25) is 11.8 Å². The summed E-state index contributed by atoms with van der Waals surface area (Å²) in [6, 6.07) is 5.73. The van der Waals surface area contributed by atoms with Crippen LogP contribution in [0.25, 0.3) is 0 Å². The van der Waals surface area contributed by atoms with E-state index < -0.39 is 0 Å². The minimum absolute atomic E-state index is 0.0678. The topological polar surface area (TPSA) is 58.6 Å². The average molecular weight is 332 g/mol. The summed E-state index contributed by atoms with van der Waals surface area (Å²) in [5.74, 6) is 1.08. The summed E-state index contributed by atoms with van der Waals surface area (Å²) in [6.07, 6.45) is 4.68. The van der Waals surface area contributed by atoms with Crippen molar-refractivity contribution >= 4 is 17.5 Å². The summed E-state index contributed by atoms with van der Waals surface area (Å²) in [4.78, 5) is 25.4. The highest BCUT2D eigenvalue weighted by Gasteiger charge is 2.15. The second-order valence-corrected chi connectivity index (χ2v) is 6.15. The molecular formula is C19H28N2O3. The van der Waals surface area contributed by atoms with Crippen molar-refractivity contribution in [2.45, 2.75) is 52.4 Å². The summed E-state index contributed by atoms with van der Waals surface area (Å²) < 4.78 is 5.76. The van der Waals surface area contributed by atoms with Gasteiger partial charge in [0.05, 0.1) is 6.61 Å². The van der Waals surface area contributed by atoms with E-state index in [9.17, 15) is 9.59 Å². The SMILES string of the molecule is CCCCN(CC)C(=O)CCCOc1ccc2c(c1)CCC(=O)N2. The van der Waals surface area contributed by atoms with Crippen molar-refractivity contribution < 1.29 is 14.3 Å². The van der Waals surface area contributed by atoms with E-state index in [4.69, 9.17) is 4.74 Å². The molecule has 1 aliphatic heterocycles. The zero-order valence-corrected chi connectivity index (χ0v) is 14.8. The van der Waals surface area contributed by atoms with Crippen molar-refractivity contribution in [1.29, 1.82) is 0 Å². The van der Waals surface area contributed by atoms with Crippen LogP contribution in [0.3, 0.4) is 0 Å². The monoisotopic (exact) mass is 332 g/mol. The van der Waals surface area contributed by atoms with Gasteiger partial charge >= 0.3 is 0 Å². The van der Waals surface area contributed by atoms with Crippen LogP contribution in [0, 0.1) is 0 Å². The second-order valence-electron chi connectivity index (χ2n) is 6.15. The lowest BCUT2D eigenvalue weighted by molar-refractivity contribution is -0.131. The zero-order valence-electron chi connectivity index (χ0n) is 14.8. The zero-order chi connectivity index (χ0) is 17.4. The van der Waals surface area contributed by atoms with Gasteiger partial charge in [-0.25, -0.2) is 0 Å². The van der Waals surface area contributed by atoms with E-state index in [0.29, 0.717) is 19.4 Å². The molecule has 1 aliphatic rings. The van der Waals surface area contributed by atoms with E-state index in [1.165, 1.54) is 0 Å². The third-order valence-corrected chi connectivity index (χ3v) is 4.29. The summed E-state index contributed by atoms with van der Waals surface area (Å²) in [5.41, 5.74) is 1.99. The van der Waals surface area contributed by atoms with Gasteiger partial charge in [-0.15, -0.1) is 0 Å². The van der Waals surface area contributed by atoms with Gasteiger partial charge in [0.25, 0.3) is 0 Å². The van der Waals surface area contributed by atoms with Crippen molar-refractivity contribution in [1.82, 2.24) is 4.90 Å². The fourth-order valence-electron chi connectivity index (χ4n) is 2.83. The molecule has 0 bridgehead atoms. The van der Waals surface area contributed by atoms with E-state index in [2.05, 4.69) is 12.2 Å². The number of aryl methyl sites for hydroxylation is 1. The van der Waals surface area contributed by atoms with Gasteiger partial charge in [-0.2, -0.15) is 0 Å². The number of nitrogens with one attached hydrogen (secondary N) is 1. The molecule has 1 aromatic carbocycles. The molecule has 0 saturated carbocycles. The molecule has 0 aliphatic carbocycles. The third-order valence-electron chi connectivity index (χ3n) is 4.29. The molecule has 1 aromatic rings. The third kappa shape index (κ3) is 5.25. The van der Waals surface area contributed by atoms with Crippen LogP contribution in [0.15, 0.2) is 18.2 Å². The van der Waals surface area contributed by atoms with E-state index in [0.717, 1.165) is 55.8 Å². The van der Waals surface area contributed by atoms with Gasteiger partial charge < -0.3 is 15.0 Å². The van der Waals surface area contributed by atoms with Crippen LogP contribution in [0.1, 0.15) is 51.5 Å². The number of amides is 2. The van der Waals surface area contributed by atoms with Crippen molar-refractivity contribution in [3.8, 4) is 5.75 Å². The first kappa shape index (κ1) is 18.3. The number of anilines is 1. The molecule has 5 heteroatoms. The van der Waals surface area contributed by atoms with Crippen LogP contribution < -0.4 is 10.1 Å². The van der Waals surface area contributed by atoms with Crippen LogP contribution in [-0.4, -0.2) is 36.4 Å². The Hall–Kier alpha value is -2.04. The number of benzene rings is 1. The maximum Gasteiger partial charge on any atom is 0.224 e. The van der Waals surface area contributed by atoms with Crippen molar-refractivity contribution in [2.75, 3.05) is 25.0 Å². The number of carbonyl (C=O) groups excluding carboxylic acids is 2. The van der Waals surface area contributed by atoms with Gasteiger partial charge in [0.1, 0.15) is 5.75 Å². The van der Waals surface area contributed by atoms with Crippen LogP contribution in [-0.2, 0) is 16.0 Å². The Morgan fingerprint density at radius 3 is 2.83 bits per heavy atom. The predicted molar refractivity (Wildman–Crippen MR) is 95.3 cm³/mol. The smallest absolute Gasteiger partial charge is 0.224 e. The minimum Gasteiger partial charge on any atom is -0.494 e. The highest BCUT2D eigenvalue weighted by molar-refractivity contribution is 5.94. The standard InChI is InChI=1S/C19H28N2O3/c1-3-5-12-21(4-2)19(23)7-6-13-24-16-9-10-17-15(14-16)8-11-18(22)20-17/h9-10,14H,3-8,11-13H2,1-2H3,(H,20,22). The molecule has 1 N–H and O–H groups in total. The van der Waals surface area contributed by atoms with Gasteiger partial charge in [-0.1, -0.05) is 13.3 Å².